The number of hydrogen-bond donors (Lipinski definition) is 0. The quantitative estimate of drug-likeness (QED) is 0.106. The van der Waals surface area contributed by atoms with Crippen LogP contribution in [0.25, 0.3) is 190 Å². The van der Waals surface area contributed by atoms with Crippen LogP contribution in [0.5, 0.6) is 34.5 Å². The van der Waals surface area contributed by atoms with Crippen molar-refractivity contribution >= 4 is 123 Å². The number of rotatable bonds is 12. The maximum Gasteiger partial charge on any atom is 2.00 e. The van der Waals surface area contributed by atoms with Gasteiger partial charge in [-0.1, -0.05) is 109 Å². The number of hydrogen-bond acceptors (Lipinski definition) is 10. The predicted molar refractivity (Wildman–Crippen MR) is 385 cm³/mol. The first-order valence-corrected chi connectivity index (χ1v) is 31.4. The second kappa shape index (κ2) is 24.3. The molecule has 0 aliphatic carbocycles. The SMILES string of the molecule is COc1cccc(-c2c3nc(c(-c4cccc(OC)c4)c4cc5c6cc7nc6c6c8[n-]c(cc8c8cc(nc8c6c5[n-]4)c(-c4cccc(OC)c4)c4ccc2[n-]4)c(-c2cccc(OC)c2)c2nc(c(-c4cccc(OC)c4)c4ccc([n-]4)c7-c4cccc(OC)c4)C=C2)C=C3)c1.[Zn+2].[Zn+2]. The first kappa shape index (κ1) is 61.4. The van der Waals surface area contributed by atoms with E-state index in [1.165, 1.54) is 0 Å². The molecule has 0 radical (unpaired) electrons. The number of aromatic nitrogens is 8. The maximum atomic E-state index is 5.97. The van der Waals surface area contributed by atoms with E-state index in [2.05, 4.69) is 109 Å². The van der Waals surface area contributed by atoms with Crippen molar-refractivity contribution in [3.05, 3.63) is 217 Å². The zero-order valence-corrected chi connectivity index (χ0v) is 60.2. The van der Waals surface area contributed by atoms with Crippen molar-refractivity contribution in [1.29, 1.82) is 0 Å². The number of ether oxygens (including phenoxy) is 6. The van der Waals surface area contributed by atoms with Crippen LogP contribution in [0.3, 0.4) is 0 Å². The van der Waals surface area contributed by atoms with Crippen molar-refractivity contribution in [3.63, 3.8) is 0 Å². The third kappa shape index (κ3) is 9.87. The van der Waals surface area contributed by atoms with Gasteiger partial charge in [0.15, 0.2) is 0 Å². The Morgan fingerprint density at radius 3 is 0.806 bits per heavy atom. The molecular weight excluding hydrogens is 1320 g/mol. The van der Waals surface area contributed by atoms with E-state index in [4.69, 9.17) is 68.3 Å². The monoisotopic (exact) mass is 1370 g/mol. The van der Waals surface area contributed by atoms with Crippen molar-refractivity contribution < 1.29 is 67.4 Å². The molecule has 8 aromatic carbocycles. The van der Waals surface area contributed by atoms with E-state index in [9.17, 15) is 0 Å². The third-order valence-electron chi connectivity index (χ3n) is 18.6. The molecule has 0 amide bonds. The summed E-state index contributed by atoms with van der Waals surface area (Å²) in [7, 11) is 10.1. The Kier molecular flexibility index (Phi) is 15.3. The van der Waals surface area contributed by atoms with Crippen molar-refractivity contribution in [1.82, 2.24) is 39.9 Å². The zero-order chi connectivity index (χ0) is 64.4. The smallest absolute Gasteiger partial charge is 0.657 e. The van der Waals surface area contributed by atoms with Crippen LogP contribution < -0.4 is 48.4 Å². The van der Waals surface area contributed by atoms with Crippen LogP contribution in [0.15, 0.2) is 194 Å². The minimum absolute atomic E-state index is 0. The van der Waals surface area contributed by atoms with Gasteiger partial charge in [0.25, 0.3) is 0 Å². The average molecular weight is 1380 g/mol. The molecule has 0 unspecified atom stereocenters. The van der Waals surface area contributed by atoms with Crippen molar-refractivity contribution in [3.8, 4) is 101 Å². The molecule has 462 valence electrons. The Morgan fingerprint density at radius 1 is 0.255 bits per heavy atom. The molecule has 2 aliphatic rings. The molecular formula is C82H54N8O6Zn2. The van der Waals surface area contributed by atoms with Gasteiger partial charge in [0.05, 0.1) is 87.5 Å². The normalized spacial score (nSPS) is 11.9. The second-order valence-electron chi connectivity index (χ2n) is 23.9. The van der Waals surface area contributed by atoms with Gasteiger partial charge in [-0.05, 0) is 198 Å². The largest absolute Gasteiger partial charge is 2.00 e. The van der Waals surface area contributed by atoms with Gasteiger partial charge in [-0.25, -0.2) is 19.9 Å². The first-order chi connectivity index (χ1) is 47.2. The molecule has 0 saturated heterocycles. The van der Waals surface area contributed by atoms with Gasteiger partial charge < -0.3 is 48.4 Å². The first-order valence-electron chi connectivity index (χ1n) is 31.4. The van der Waals surface area contributed by atoms with E-state index in [-0.39, 0.29) is 39.0 Å². The molecule has 2 aliphatic heterocycles. The Bertz CT molecular complexity index is 5850. The summed E-state index contributed by atoms with van der Waals surface area (Å²) in [6.45, 7) is 0. The van der Waals surface area contributed by atoms with Crippen LogP contribution in [0, 0.1) is 0 Å². The topological polar surface area (TPSA) is 163 Å². The fourth-order valence-electron chi connectivity index (χ4n) is 14.3. The Labute approximate surface area is 586 Å². The number of methoxy groups -OCH3 is 6. The van der Waals surface area contributed by atoms with E-state index >= 15 is 0 Å². The summed E-state index contributed by atoms with van der Waals surface area (Å²) in [6.07, 6.45) is 8.27. The average Bonchev–Trinajstić information content (AvgIpc) is 1.52. The molecule has 10 heterocycles. The van der Waals surface area contributed by atoms with Crippen LogP contribution in [0.1, 0.15) is 22.8 Å². The van der Waals surface area contributed by atoms with Crippen molar-refractivity contribution in [2.45, 2.75) is 0 Å². The van der Waals surface area contributed by atoms with E-state index in [0.717, 1.165) is 99.1 Å². The van der Waals surface area contributed by atoms with Gasteiger partial charge >= 0.3 is 39.0 Å². The van der Waals surface area contributed by atoms with Gasteiger partial charge in [-0.3, -0.25) is 0 Å². The Hall–Kier alpha value is -11.4. The van der Waals surface area contributed by atoms with Gasteiger partial charge in [0, 0.05) is 10.8 Å². The minimum Gasteiger partial charge on any atom is -0.657 e. The fourth-order valence-corrected chi connectivity index (χ4v) is 14.3. The van der Waals surface area contributed by atoms with Gasteiger partial charge in [0.1, 0.15) is 34.5 Å². The summed E-state index contributed by atoms with van der Waals surface area (Å²) in [5, 5.41) is 4.97. The molecule has 0 atom stereocenters. The van der Waals surface area contributed by atoms with Gasteiger partial charge in [0.2, 0.25) is 0 Å². The molecule has 0 spiro atoms. The summed E-state index contributed by atoms with van der Waals surface area (Å²) in [6, 6.07) is 65.4. The second-order valence-corrected chi connectivity index (χ2v) is 23.9. The molecule has 16 aromatic rings. The van der Waals surface area contributed by atoms with Crippen LogP contribution in [0.4, 0.5) is 0 Å². The molecule has 18 rings (SSSR count). The maximum absolute atomic E-state index is 5.97. The molecule has 98 heavy (non-hydrogen) atoms. The molecule has 16 heteroatoms. The molecule has 16 bridgehead atoms. The predicted octanol–water partition coefficient (Wildman–Crippen LogP) is 18.2. The Balaban J connectivity index is 0.00000376. The van der Waals surface area contributed by atoms with E-state index in [1.807, 2.05) is 109 Å². The summed E-state index contributed by atoms with van der Waals surface area (Å²) in [5.41, 5.74) is 21.1. The van der Waals surface area contributed by atoms with Crippen molar-refractivity contribution in [2.75, 3.05) is 42.7 Å². The zero-order valence-electron chi connectivity index (χ0n) is 54.2. The summed E-state index contributed by atoms with van der Waals surface area (Å²) < 4.78 is 35.6. The van der Waals surface area contributed by atoms with Crippen molar-refractivity contribution in [2.24, 2.45) is 0 Å². The van der Waals surface area contributed by atoms with Gasteiger partial charge in [-0.2, -0.15) is 0 Å². The minimum atomic E-state index is 0. The van der Waals surface area contributed by atoms with E-state index in [1.54, 1.807) is 42.7 Å². The van der Waals surface area contributed by atoms with Gasteiger partial charge in [-0.15, -0.1) is 44.1 Å². The van der Waals surface area contributed by atoms with Crippen LogP contribution >= 0.6 is 0 Å². The number of benzene rings is 8. The number of fused-ring (bicyclic) bond motifs is 14. The standard InChI is InChI=1S/C82H54N8O6.2Zn/c1-91-49-19-7-13-43(33-49)71-59-25-29-63(83-59)73(45-15-9-21-51(35-45)93-3)67-39-55-57-41-69-75(47-17-11-23-53(37-47)95-5)65-31-27-61(85-65)72(44-14-8-20-50(34-44)92-2)62-28-32-66(86-62)76(48-18-12-24-54(38-48)96-6)70-42-58-56-40-68(74(64-30-26-60(71)84-64)46-16-10-22-52(36-46)94-4)88-80(56)77(79(55)87-67)78(81(57)89-69)82(58)90-70;;/h7-42H,1-6H3;;/q-4;2*+2. The summed E-state index contributed by atoms with van der Waals surface area (Å²) in [4.78, 5) is 46.2. The number of nitrogens with zero attached hydrogens (tertiary/aromatic N) is 8. The molecule has 14 nitrogen and oxygen atoms in total. The summed E-state index contributed by atoms with van der Waals surface area (Å²) in [5.74, 6) is 4.11. The van der Waals surface area contributed by atoms with E-state index < -0.39 is 0 Å². The summed E-state index contributed by atoms with van der Waals surface area (Å²) >= 11 is 0. The van der Waals surface area contributed by atoms with E-state index in [0.29, 0.717) is 123 Å². The molecule has 8 aromatic heterocycles. The van der Waals surface area contributed by atoms with Crippen LogP contribution in [-0.4, -0.2) is 62.6 Å². The van der Waals surface area contributed by atoms with Crippen LogP contribution in [-0.2, 0) is 39.0 Å². The molecule has 0 N–H and O–H groups in total. The fraction of sp³-hybridized carbons (Fsp3) is 0.0732. The van der Waals surface area contributed by atoms with Crippen LogP contribution in [0.2, 0.25) is 0 Å². The molecule has 0 saturated carbocycles. The Morgan fingerprint density at radius 2 is 0.520 bits per heavy atom. The molecule has 0 fully saturated rings. The third-order valence-corrected chi connectivity index (χ3v) is 18.6.